The molecule has 34 heavy (non-hydrogen) atoms. The molecule has 0 bridgehead atoms. The number of nitrogens with zero attached hydrogens (tertiary/aromatic N) is 5. The van der Waals surface area contributed by atoms with E-state index < -0.39 is 29.7 Å². The van der Waals surface area contributed by atoms with Gasteiger partial charge in [0.2, 0.25) is 5.95 Å². The molecule has 1 saturated heterocycles. The summed E-state index contributed by atoms with van der Waals surface area (Å²) in [5.74, 6) is -0.521. The van der Waals surface area contributed by atoms with Crippen LogP contribution in [-0.2, 0) is 0 Å². The second-order valence-electron chi connectivity index (χ2n) is 8.68. The monoisotopic (exact) mass is 473 g/mol. The maximum Gasteiger partial charge on any atom is 0.407 e. The molecule has 0 unspecified atom stereocenters. The number of amides is 1. The normalized spacial score (nSPS) is 18.5. The van der Waals surface area contributed by atoms with Gasteiger partial charge in [0.25, 0.3) is 5.56 Å². The molecule has 0 saturated carbocycles. The number of carbonyl (C=O) groups is 1. The molecule has 0 aliphatic carbocycles. The van der Waals surface area contributed by atoms with Crippen LogP contribution in [0, 0.1) is 12.7 Å². The van der Waals surface area contributed by atoms with Crippen molar-refractivity contribution in [2.75, 3.05) is 24.1 Å². The number of hydrogen-bond donors (Lipinski definition) is 3. The Bertz CT molecular complexity index is 1300. The fourth-order valence-electron chi connectivity index (χ4n) is 4.11. The van der Waals surface area contributed by atoms with E-state index in [1.54, 1.807) is 26.8 Å². The van der Waals surface area contributed by atoms with Gasteiger partial charge in [-0.2, -0.15) is 4.98 Å². The zero-order valence-electron chi connectivity index (χ0n) is 18.9. The number of likely N-dealkylation sites (tertiary alicyclic amines) is 1. The number of nitrogens with two attached hydrogens (primary N) is 1. The number of nitrogens with one attached hydrogen (secondary N) is 1. The average Bonchev–Trinajstić information content (AvgIpc) is 2.76. The number of anilines is 2. The van der Waals surface area contributed by atoms with Crippen molar-refractivity contribution >= 4 is 28.9 Å². The number of nitrogen functional groups attached to an aromatic ring is 1. The maximum atomic E-state index is 14.2. The number of hydrogen-bond acceptors (Lipinski definition) is 7. The van der Waals surface area contributed by atoms with Crippen LogP contribution in [0.25, 0.3) is 22.4 Å². The predicted octanol–water partition coefficient (Wildman–Crippen LogP) is 2.97. The SMILES string of the molecule is Cc1cc(-c2nc3cnc(N[C@H]4C[C@H](F)CN(C(=O)O)C4)nc3n(C(C)C)c2=O)cc(F)c1N. The van der Waals surface area contributed by atoms with Gasteiger partial charge >= 0.3 is 6.09 Å². The lowest BCUT2D eigenvalue weighted by Crippen LogP contribution is -2.49. The molecule has 1 aliphatic rings. The first kappa shape index (κ1) is 23.3. The Labute approximate surface area is 193 Å². The zero-order valence-corrected chi connectivity index (χ0v) is 18.9. The van der Waals surface area contributed by atoms with E-state index in [0.717, 1.165) is 4.90 Å². The second-order valence-corrected chi connectivity index (χ2v) is 8.68. The summed E-state index contributed by atoms with van der Waals surface area (Å²) in [6, 6.07) is 1.92. The number of carboxylic acid groups (broad SMARTS) is 1. The molecule has 4 N–H and O–H groups in total. The second kappa shape index (κ2) is 8.84. The Morgan fingerprint density at radius 3 is 2.68 bits per heavy atom. The Morgan fingerprint density at radius 2 is 2.03 bits per heavy atom. The van der Waals surface area contributed by atoms with Crippen LogP contribution in [0.5, 0.6) is 0 Å². The van der Waals surface area contributed by atoms with Crippen molar-refractivity contribution in [3.8, 4) is 11.3 Å². The molecule has 0 spiro atoms. The summed E-state index contributed by atoms with van der Waals surface area (Å²) in [6.07, 6.45) is -1.00. The molecular weight excluding hydrogens is 448 g/mol. The lowest BCUT2D eigenvalue weighted by molar-refractivity contribution is 0.102. The van der Waals surface area contributed by atoms with Gasteiger partial charge in [-0.15, -0.1) is 0 Å². The number of halogens is 2. The molecule has 3 aromatic rings. The highest BCUT2D eigenvalue weighted by molar-refractivity contribution is 5.75. The minimum Gasteiger partial charge on any atom is -0.465 e. The number of alkyl halides is 1. The fourth-order valence-corrected chi connectivity index (χ4v) is 4.11. The highest BCUT2D eigenvalue weighted by Crippen LogP contribution is 2.25. The number of benzene rings is 1. The molecule has 4 rings (SSSR count). The van der Waals surface area contributed by atoms with Gasteiger partial charge in [0.05, 0.1) is 18.4 Å². The summed E-state index contributed by atoms with van der Waals surface area (Å²) in [4.78, 5) is 38.6. The molecule has 10 nitrogen and oxygen atoms in total. The van der Waals surface area contributed by atoms with Gasteiger partial charge in [-0.3, -0.25) is 9.36 Å². The van der Waals surface area contributed by atoms with Crippen molar-refractivity contribution in [3.63, 3.8) is 0 Å². The summed E-state index contributed by atoms with van der Waals surface area (Å²) in [7, 11) is 0. The van der Waals surface area contributed by atoms with E-state index >= 15 is 0 Å². The number of rotatable bonds is 4. The van der Waals surface area contributed by atoms with Crippen LogP contribution >= 0.6 is 0 Å². The number of piperidine rings is 1. The number of fused-ring (bicyclic) bond motifs is 1. The molecule has 1 amide bonds. The van der Waals surface area contributed by atoms with Gasteiger partial charge in [-0.1, -0.05) is 0 Å². The third-order valence-corrected chi connectivity index (χ3v) is 5.76. The molecule has 1 aromatic carbocycles. The van der Waals surface area contributed by atoms with Crippen LogP contribution in [0.2, 0.25) is 0 Å². The van der Waals surface area contributed by atoms with E-state index in [2.05, 4.69) is 20.3 Å². The van der Waals surface area contributed by atoms with E-state index in [9.17, 15) is 23.5 Å². The van der Waals surface area contributed by atoms with Crippen LogP contribution in [-0.4, -0.2) is 60.9 Å². The standard InChI is InChI=1S/C22H25F2N7O3/c1-10(2)31-19-16(28-18(20(31)32)12-4-11(3)17(25)15(24)5-12)7-26-21(29-19)27-14-6-13(23)8-30(9-14)22(33)34/h4-5,7,10,13-14H,6,8-9,25H2,1-3H3,(H,33,34)(H,26,27,29)/t13-,14-/m0/s1. The summed E-state index contributed by atoms with van der Waals surface area (Å²) in [5.41, 5.74) is 6.61. The molecule has 2 aromatic heterocycles. The summed E-state index contributed by atoms with van der Waals surface area (Å²) < 4.78 is 29.7. The Morgan fingerprint density at radius 1 is 1.29 bits per heavy atom. The average molecular weight is 473 g/mol. The minimum atomic E-state index is -1.32. The lowest BCUT2D eigenvalue weighted by atomic mass is 10.0. The van der Waals surface area contributed by atoms with E-state index in [4.69, 9.17) is 5.73 Å². The van der Waals surface area contributed by atoms with E-state index in [1.165, 1.54) is 16.8 Å². The molecule has 180 valence electrons. The highest BCUT2D eigenvalue weighted by atomic mass is 19.1. The quantitative estimate of drug-likeness (QED) is 0.492. The van der Waals surface area contributed by atoms with Gasteiger partial charge in [0.15, 0.2) is 5.65 Å². The summed E-state index contributed by atoms with van der Waals surface area (Å²) in [5, 5.41) is 12.2. The first-order valence-corrected chi connectivity index (χ1v) is 10.8. The third kappa shape index (κ3) is 4.35. The zero-order chi connectivity index (χ0) is 24.7. The van der Waals surface area contributed by atoms with Gasteiger partial charge < -0.3 is 21.1 Å². The smallest absolute Gasteiger partial charge is 0.407 e. The van der Waals surface area contributed by atoms with Gasteiger partial charge in [-0.05, 0) is 38.5 Å². The van der Waals surface area contributed by atoms with E-state index in [-0.39, 0.29) is 54.1 Å². The van der Waals surface area contributed by atoms with Crippen molar-refractivity contribution in [2.24, 2.45) is 0 Å². The Kier molecular flexibility index (Phi) is 6.07. The highest BCUT2D eigenvalue weighted by Gasteiger charge is 2.30. The number of aromatic nitrogens is 4. The molecular formula is C22H25F2N7O3. The summed E-state index contributed by atoms with van der Waals surface area (Å²) >= 11 is 0. The van der Waals surface area contributed by atoms with Crippen LogP contribution in [0.3, 0.4) is 0 Å². The fraction of sp³-hybridized carbons (Fsp3) is 0.409. The molecule has 2 atom stereocenters. The first-order chi connectivity index (χ1) is 16.0. The van der Waals surface area contributed by atoms with E-state index in [1.807, 2.05) is 0 Å². The first-order valence-electron chi connectivity index (χ1n) is 10.8. The van der Waals surface area contributed by atoms with Crippen LogP contribution in [0.1, 0.15) is 31.9 Å². The van der Waals surface area contributed by atoms with Crippen LogP contribution < -0.4 is 16.6 Å². The minimum absolute atomic E-state index is 0.00692. The third-order valence-electron chi connectivity index (χ3n) is 5.76. The number of aryl methyl sites for hydroxylation is 1. The van der Waals surface area contributed by atoms with Gasteiger partial charge in [0, 0.05) is 30.6 Å². The molecule has 1 aliphatic heterocycles. The van der Waals surface area contributed by atoms with Crippen molar-refractivity contribution < 1.29 is 18.7 Å². The van der Waals surface area contributed by atoms with Crippen LogP contribution in [0.15, 0.2) is 23.1 Å². The van der Waals surface area contributed by atoms with Crippen molar-refractivity contribution in [3.05, 3.63) is 40.1 Å². The Balaban J connectivity index is 1.76. The maximum absolute atomic E-state index is 14.2. The Hall–Kier alpha value is -3.83. The predicted molar refractivity (Wildman–Crippen MR) is 123 cm³/mol. The van der Waals surface area contributed by atoms with Gasteiger partial charge in [-0.25, -0.2) is 23.5 Å². The molecule has 0 radical (unpaired) electrons. The van der Waals surface area contributed by atoms with Crippen molar-refractivity contribution in [2.45, 2.75) is 45.4 Å². The van der Waals surface area contributed by atoms with Crippen molar-refractivity contribution in [1.29, 1.82) is 0 Å². The molecule has 3 heterocycles. The van der Waals surface area contributed by atoms with Crippen molar-refractivity contribution in [1.82, 2.24) is 24.4 Å². The molecule has 1 fully saturated rings. The largest absolute Gasteiger partial charge is 0.465 e. The lowest BCUT2D eigenvalue weighted by Gasteiger charge is -2.33. The summed E-state index contributed by atoms with van der Waals surface area (Å²) in [6.45, 7) is 5.14. The van der Waals surface area contributed by atoms with E-state index in [0.29, 0.717) is 11.1 Å². The van der Waals surface area contributed by atoms with Gasteiger partial charge in [0.1, 0.15) is 23.2 Å². The van der Waals surface area contributed by atoms with Crippen LogP contribution in [0.4, 0.5) is 25.2 Å². The molecule has 12 heteroatoms. The topological polar surface area (TPSA) is 139 Å².